The number of thioether (sulfide) groups is 1. The molecule has 1 amide bonds. The largest absolute Gasteiger partial charge is 0.497 e. The van der Waals surface area contributed by atoms with Crippen LogP contribution >= 0.6 is 11.8 Å². The van der Waals surface area contributed by atoms with Crippen molar-refractivity contribution in [2.24, 2.45) is 0 Å². The predicted octanol–water partition coefficient (Wildman–Crippen LogP) is 3.46. The molecule has 0 saturated heterocycles. The van der Waals surface area contributed by atoms with Crippen LogP contribution < -0.4 is 15.6 Å². The van der Waals surface area contributed by atoms with Gasteiger partial charge in [-0.2, -0.15) is 5.10 Å². The summed E-state index contributed by atoms with van der Waals surface area (Å²) in [5, 5.41) is 7.30. The van der Waals surface area contributed by atoms with Crippen molar-refractivity contribution >= 4 is 17.7 Å². The van der Waals surface area contributed by atoms with Crippen LogP contribution in [0.5, 0.6) is 5.75 Å². The van der Waals surface area contributed by atoms with Crippen LogP contribution in [0.1, 0.15) is 17.3 Å². The highest BCUT2D eigenvalue weighted by molar-refractivity contribution is 7.99. The van der Waals surface area contributed by atoms with Crippen molar-refractivity contribution in [1.82, 2.24) is 15.1 Å². The van der Waals surface area contributed by atoms with Gasteiger partial charge in [-0.25, -0.2) is 4.68 Å². The molecule has 29 heavy (non-hydrogen) atoms. The molecule has 0 aliphatic heterocycles. The summed E-state index contributed by atoms with van der Waals surface area (Å²) in [5.74, 6) is 1.49. The first-order valence-electron chi connectivity index (χ1n) is 9.35. The maximum Gasteiger partial charge on any atom is 0.266 e. The molecule has 6 nitrogen and oxygen atoms in total. The molecule has 3 rings (SSSR count). The van der Waals surface area contributed by atoms with Gasteiger partial charge in [-0.1, -0.05) is 19.1 Å². The third kappa shape index (κ3) is 5.26. The second kappa shape index (κ2) is 9.93. The highest BCUT2D eigenvalue weighted by Crippen LogP contribution is 2.22. The lowest BCUT2D eigenvalue weighted by Gasteiger charge is -2.11. The highest BCUT2D eigenvalue weighted by Gasteiger charge is 2.11. The summed E-state index contributed by atoms with van der Waals surface area (Å²) < 4.78 is 6.53. The standard InChI is InChI=1S/C22H23N3O3S/c1-3-29-20-7-5-4-6-18(20)22(27)23-14-15-25-21(26)13-12-19(24-25)16-8-10-17(28-2)11-9-16/h4-13H,3,14-15H2,1-2H3,(H,23,27). The van der Waals surface area contributed by atoms with Gasteiger partial charge in [0, 0.05) is 23.1 Å². The minimum Gasteiger partial charge on any atom is -0.497 e. The number of amides is 1. The fraction of sp³-hybridized carbons (Fsp3) is 0.227. The number of methoxy groups -OCH3 is 1. The van der Waals surface area contributed by atoms with E-state index in [9.17, 15) is 9.59 Å². The van der Waals surface area contributed by atoms with Gasteiger partial charge in [0.15, 0.2) is 0 Å². The zero-order chi connectivity index (χ0) is 20.6. The lowest BCUT2D eigenvalue weighted by molar-refractivity contribution is 0.0949. The van der Waals surface area contributed by atoms with E-state index in [0.29, 0.717) is 17.8 Å². The Kier molecular flexibility index (Phi) is 7.08. The number of benzene rings is 2. The summed E-state index contributed by atoms with van der Waals surface area (Å²) in [6.07, 6.45) is 0. The minimum atomic E-state index is -0.210. The number of hydrogen-bond donors (Lipinski definition) is 1. The fourth-order valence-electron chi connectivity index (χ4n) is 2.83. The van der Waals surface area contributed by atoms with Gasteiger partial charge >= 0.3 is 0 Å². The van der Waals surface area contributed by atoms with Crippen molar-refractivity contribution in [2.45, 2.75) is 18.4 Å². The highest BCUT2D eigenvalue weighted by atomic mass is 32.2. The first-order valence-corrected chi connectivity index (χ1v) is 10.3. The van der Waals surface area contributed by atoms with Crippen LogP contribution in [0, 0.1) is 0 Å². The molecule has 0 aliphatic rings. The molecule has 2 aromatic carbocycles. The van der Waals surface area contributed by atoms with Gasteiger partial charge in [-0.15, -0.1) is 11.8 Å². The molecule has 0 spiro atoms. The molecule has 0 unspecified atom stereocenters. The van der Waals surface area contributed by atoms with Crippen LogP contribution in [0.15, 0.2) is 70.4 Å². The van der Waals surface area contributed by atoms with Gasteiger partial charge < -0.3 is 10.1 Å². The Morgan fingerprint density at radius 1 is 1.10 bits per heavy atom. The van der Waals surface area contributed by atoms with Crippen molar-refractivity contribution in [3.8, 4) is 17.0 Å². The van der Waals surface area contributed by atoms with Gasteiger partial charge in [0.2, 0.25) is 0 Å². The Labute approximate surface area is 173 Å². The van der Waals surface area contributed by atoms with Gasteiger partial charge in [0.1, 0.15) is 5.75 Å². The summed E-state index contributed by atoms with van der Waals surface area (Å²) in [6, 6.07) is 18.2. The summed E-state index contributed by atoms with van der Waals surface area (Å²) in [6.45, 7) is 2.65. The molecular weight excluding hydrogens is 386 g/mol. The second-order valence-electron chi connectivity index (χ2n) is 6.19. The van der Waals surface area contributed by atoms with Crippen LogP contribution in [0.2, 0.25) is 0 Å². The van der Waals surface area contributed by atoms with E-state index in [-0.39, 0.29) is 18.0 Å². The predicted molar refractivity (Wildman–Crippen MR) is 116 cm³/mol. The summed E-state index contributed by atoms with van der Waals surface area (Å²) in [7, 11) is 1.61. The maximum atomic E-state index is 12.5. The Morgan fingerprint density at radius 3 is 2.59 bits per heavy atom. The molecule has 3 aromatic rings. The smallest absolute Gasteiger partial charge is 0.266 e. The van der Waals surface area contributed by atoms with E-state index in [1.807, 2.05) is 55.5 Å². The van der Waals surface area contributed by atoms with Crippen molar-refractivity contribution in [3.05, 3.63) is 76.6 Å². The monoisotopic (exact) mass is 409 g/mol. The number of rotatable bonds is 8. The normalized spacial score (nSPS) is 10.6. The number of carbonyl (C=O) groups is 1. The lowest BCUT2D eigenvalue weighted by atomic mass is 10.1. The zero-order valence-corrected chi connectivity index (χ0v) is 17.2. The van der Waals surface area contributed by atoms with E-state index >= 15 is 0 Å². The third-order valence-electron chi connectivity index (χ3n) is 4.29. The van der Waals surface area contributed by atoms with E-state index in [0.717, 1.165) is 22.0 Å². The van der Waals surface area contributed by atoms with E-state index in [1.165, 1.54) is 10.7 Å². The first kappa shape index (κ1) is 20.7. The second-order valence-corrected chi connectivity index (χ2v) is 7.50. The number of nitrogens with zero attached hydrogens (tertiary/aromatic N) is 2. The quantitative estimate of drug-likeness (QED) is 0.577. The van der Waals surface area contributed by atoms with Gasteiger partial charge in [-0.3, -0.25) is 9.59 Å². The average Bonchev–Trinajstić information content (AvgIpc) is 2.75. The number of aromatic nitrogens is 2. The zero-order valence-electron chi connectivity index (χ0n) is 16.4. The Balaban J connectivity index is 1.68. The number of carbonyl (C=O) groups excluding carboxylic acids is 1. The van der Waals surface area contributed by atoms with E-state index < -0.39 is 0 Å². The molecule has 150 valence electrons. The molecule has 1 N–H and O–H groups in total. The third-order valence-corrected chi connectivity index (χ3v) is 5.25. The fourth-order valence-corrected chi connectivity index (χ4v) is 3.63. The van der Waals surface area contributed by atoms with Crippen LogP contribution in [0.4, 0.5) is 0 Å². The first-order chi connectivity index (χ1) is 14.1. The van der Waals surface area contributed by atoms with E-state index in [1.54, 1.807) is 24.9 Å². The van der Waals surface area contributed by atoms with Crippen LogP contribution in [-0.2, 0) is 6.54 Å². The molecule has 0 fully saturated rings. The summed E-state index contributed by atoms with van der Waals surface area (Å²) in [5.41, 5.74) is 2.00. The van der Waals surface area contributed by atoms with E-state index in [2.05, 4.69) is 10.4 Å². The van der Waals surface area contributed by atoms with Crippen LogP contribution in [0.25, 0.3) is 11.3 Å². The van der Waals surface area contributed by atoms with Crippen molar-refractivity contribution in [3.63, 3.8) is 0 Å². The molecule has 0 saturated carbocycles. The van der Waals surface area contributed by atoms with Gasteiger partial charge in [-0.05, 0) is 48.2 Å². The molecule has 0 bridgehead atoms. The SMILES string of the molecule is CCSc1ccccc1C(=O)NCCn1nc(-c2ccc(OC)cc2)ccc1=O. The van der Waals surface area contributed by atoms with Gasteiger partial charge in [0.25, 0.3) is 11.5 Å². The average molecular weight is 410 g/mol. The molecule has 0 aliphatic carbocycles. The molecule has 1 heterocycles. The maximum absolute atomic E-state index is 12.5. The van der Waals surface area contributed by atoms with E-state index in [4.69, 9.17) is 4.74 Å². The number of hydrogen-bond acceptors (Lipinski definition) is 5. The minimum absolute atomic E-state index is 0.152. The molecule has 1 aromatic heterocycles. The Morgan fingerprint density at radius 2 is 1.86 bits per heavy atom. The van der Waals surface area contributed by atoms with Gasteiger partial charge in [0.05, 0.1) is 24.9 Å². The summed E-state index contributed by atoms with van der Waals surface area (Å²) >= 11 is 1.63. The molecule has 0 atom stereocenters. The van der Waals surface area contributed by atoms with Crippen molar-refractivity contribution < 1.29 is 9.53 Å². The molecule has 0 radical (unpaired) electrons. The Bertz CT molecular complexity index is 1030. The topological polar surface area (TPSA) is 73.2 Å². The number of nitrogens with one attached hydrogen (secondary N) is 1. The molecular formula is C22H23N3O3S. The number of ether oxygens (including phenoxy) is 1. The van der Waals surface area contributed by atoms with Crippen LogP contribution in [-0.4, -0.2) is 35.1 Å². The van der Waals surface area contributed by atoms with Crippen LogP contribution in [0.3, 0.4) is 0 Å². The van der Waals surface area contributed by atoms with Crippen molar-refractivity contribution in [2.75, 3.05) is 19.4 Å². The lowest BCUT2D eigenvalue weighted by Crippen LogP contribution is -2.32. The Hall–Kier alpha value is -3.06. The molecule has 7 heteroatoms. The van der Waals surface area contributed by atoms with Crippen molar-refractivity contribution in [1.29, 1.82) is 0 Å². The summed E-state index contributed by atoms with van der Waals surface area (Å²) in [4.78, 5) is 25.6.